The second-order valence-corrected chi connectivity index (χ2v) is 5.12. The molecule has 1 heterocycles. The molecule has 0 unspecified atom stereocenters. The van der Waals surface area contributed by atoms with Gasteiger partial charge in [-0.3, -0.25) is 4.90 Å². The summed E-state index contributed by atoms with van der Waals surface area (Å²) in [5, 5.41) is 0. The third-order valence-corrected chi connectivity index (χ3v) is 4.53. The molecule has 82 valence electrons. The van der Waals surface area contributed by atoms with Gasteiger partial charge in [-0.25, -0.2) is 0 Å². The highest BCUT2D eigenvalue weighted by molar-refractivity contribution is 4.99. The van der Waals surface area contributed by atoms with Crippen LogP contribution in [0.3, 0.4) is 0 Å². The molecule has 0 radical (unpaired) electrons. The molecule has 1 aliphatic carbocycles. The number of rotatable bonds is 3. The monoisotopic (exact) mass is 196 g/mol. The standard InChI is InChI=1S/C12H24N2/c1-2-11-4-8-14(9-5-11)12(10-13)6-3-7-12/h11H,2-10,13H2,1H3. The molecule has 1 aliphatic heterocycles. The number of nitrogens with zero attached hydrogens (tertiary/aromatic N) is 1. The van der Waals surface area contributed by atoms with Crippen molar-refractivity contribution in [3.05, 3.63) is 0 Å². The Morgan fingerprint density at radius 3 is 2.29 bits per heavy atom. The summed E-state index contributed by atoms with van der Waals surface area (Å²) < 4.78 is 0. The van der Waals surface area contributed by atoms with Gasteiger partial charge in [0.05, 0.1) is 0 Å². The summed E-state index contributed by atoms with van der Waals surface area (Å²) in [5.74, 6) is 0.987. The van der Waals surface area contributed by atoms with Gasteiger partial charge in [0.25, 0.3) is 0 Å². The molecule has 2 aliphatic rings. The topological polar surface area (TPSA) is 29.3 Å². The van der Waals surface area contributed by atoms with Crippen molar-refractivity contribution in [2.45, 2.75) is 51.0 Å². The Bertz CT molecular complexity index is 173. The van der Waals surface area contributed by atoms with Crippen molar-refractivity contribution in [3.8, 4) is 0 Å². The van der Waals surface area contributed by atoms with E-state index in [-0.39, 0.29) is 0 Å². The van der Waals surface area contributed by atoms with Crippen LogP contribution in [0.15, 0.2) is 0 Å². The maximum atomic E-state index is 5.93. The molecule has 0 aromatic heterocycles. The molecule has 1 saturated carbocycles. The smallest absolute Gasteiger partial charge is 0.0331 e. The van der Waals surface area contributed by atoms with Gasteiger partial charge in [-0.2, -0.15) is 0 Å². The molecule has 0 aromatic carbocycles. The van der Waals surface area contributed by atoms with Gasteiger partial charge in [-0.05, 0) is 51.1 Å². The molecule has 2 nitrogen and oxygen atoms in total. The van der Waals surface area contributed by atoms with E-state index in [2.05, 4.69) is 11.8 Å². The average molecular weight is 196 g/mol. The lowest BCUT2D eigenvalue weighted by Gasteiger charge is -2.52. The predicted octanol–water partition coefficient (Wildman–Crippen LogP) is 1.99. The number of piperidine rings is 1. The molecule has 0 spiro atoms. The molecular formula is C12H24N2. The zero-order chi connectivity index (χ0) is 10.0. The van der Waals surface area contributed by atoms with Crippen LogP contribution >= 0.6 is 0 Å². The maximum Gasteiger partial charge on any atom is 0.0331 e. The van der Waals surface area contributed by atoms with Crippen molar-refractivity contribution >= 4 is 0 Å². The Morgan fingerprint density at radius 2 is 1.93 bits per heavy atom. The van der Waals surface area contributed by atoms with Crippen molar-refractivity contribution in [1.82, 2.24) is 4.90 Å². The summed E-state index contributed by atoms with van der Waals surface area (Å²) in [4.78, 5) is 2.68. The molecule has 0 aromatic rings. The number of nitrogens with two attached hydrogens (primary N) is 1. The van der Waals surface area contributed by atoms with Gasteiger partial charge in [0.15, 0.2) is 0 Å². The van der Waals surface area contributed by atoms with E-state index in [4.69, 9.17) is 5.73 Å². The Balaban J connectivity index is 1.88. The number of hydrogen-bond acceptors (Lipinski definition) is 2. The van der Waals surface area contributed by atoms with Gasteiger partial charge in [-0.1, -0.05) is 13.3 Å². The Morgan fingerprint density at radius 1 is 1.29 bits per heavy atom. The van der Waals surface area contributed by atoms with Gasteiger partial charge >= 0.3 is 0 Å². The second kappa shape index (κ2) is 4.19. The lowest BCUT2D eigenvalue weighted by molar-refractivity contribution is -0.00221. The van der Waals surface area contributed by atoms with Gasteiger partial charge in [0.2, 0.25) is 0 Å². The second-order valence-electron chi connectivity index (χ2n) is 5.12. The van der Waals surface area contributed by atoms with E-state index in [1.165, 1.54) is 51.6 Å². The van der Waals surface area contributed by atoms with E-state index in [1.54, 1.807) is 0 Å². The highest BCUT2D eigenvalue weighted by Crippen LogP contribution is 2.39. The highest BCUT2D eigenvalue weighted by Gasteiger charge is 2.41. The molecule has 0 atom stereocenters. The number of hydrogen-bond donors (Lipinski definition) is 1. The van der Waals surface area contributed by atoms with Crippen LogP contribution in [0.1, 0.15) is 45.4 Å². The van der Waals surface area contributed by atoms with Gasteiger partial charge in [0.1, 0.15) is 0 Å². The zero-order valence-corrected chi connectivity index (χ0v) is 9.47. The van der Waals surface area contributed by atoms with E-state index in [0.29, 0.717) is 5.54 Å². The fourth-order valence-electron chi connectivity index (χ4n) is 3.05. The summed E-state index contributed by atoms with van der Waals surface area (Å²) >= 11 is 0. The van der Waals surface area contributed by atoms with Crippen molar-refractivity contribution in [2.75, 3.05) is 19.6 Å². The molecule has 2 fully saturated rings. The highest BCUT2D eigenvalue weighted by atomic mass is 15.2. The summed E-state index contributed by atoms with van der Waals surface area (Å²) in [6.45, 7) is 5.80. The summed E-state index contributed by atoms with van der Waals surface area (Å²) in [7, 11) is 0. The lowest BCUT2D eigenvalue weighted by atomic mass is 9.74. The minimum Gasteiger partial charge on any atom is -0.329 e. The molecule has 2 N–H and O–H groups in total. The normalized spacial score (nSPS) is 28.7. The SMILES string of the molecule is CCC1CCN(C2(CN)CCC2)CC1. The molecule has 1 saturated heterocycles. The van der Waals surface area contributed by atoms with Crippen LogP contribution in [0.5, 0.6) is 0 Å². The molecule has 2 rings (SSSR count). The summed E-state index contributed by atoms with van der Waals surface area (Å²) in [6.07, 6.45) is 8.26. The van der Waals surface area contributed by atoms with E-state index >= 15 is 0 Å². The summed E-state index contributed by atoms with van der Waals surface area (Å²) in [6, 6.07) is 0. The largest absolute Gasteiger partial charge is 0.329 e. The van der Waals surface area contributed by atoms with Crippen LogP contribution < -0.4 is 5.73 Å². The molecule has 0 bridgehead atoms. The predicted molar refractivity (Wildman–Crippen MR) is 60.2 cm³/mol. The first-order chi connectivity index (χ1) is 6.80. The van der Waals surface area contributed by atoms with E-state index in [0.717, 1.165) is 12.5 Å². The van der Waals surface area contributed by atoms with E-state index in [1.807, 2.05) is 0 Å². The Kier molecular flexibility index (Phi) is 3.13. The quantitative estimate of drug-likeness (QED) is 0.748. The number of likely N-dealkylation sites (tertiary alicyclic amines) is 1. The van der Waals surface area contributed by atoms with Gasteiger partial charge in [-0.15, -0.1) is 0 Å². The Labute approximate surface area is 87.8 Å². The van der Waals surface area contributed by atoms with Crippen LogP contribution in [0.25, 0.3) is 0 Å². The van der Waals surface area contributed by atoms with Crippen LogP contribution in [0.4, 0.5) is 0 Å². The molecular weight excluding hydrogens is 172 g/mol. The van der Waals surface area contributed by atoms with Crippen molar-refractivity contribution in [1.29, 1.82) is 0 Å². The Hall–Kier alpha value is -0.0800. The molecule has 14 heavy (non-hydrogen) atoms. The van der Waals surface area contributed by atoms with Crippen LogP contribution in [-0.2, 0) is 0 Å². The molecule has 2 heteroatoms. The van der Waals surface area contributed by atoms with Gasteiger partial charge < -0.3 is 5.73 Å². The van der Waals surface area contributed by atoms with Crippen molar-refractivity contribution in [2.24, 2.45) is 11.7 Å². The van der Waals surface area contributed by atoms with Crippen molar-refractivity contribution in [3.63, 3.8) is 0 Å². The minimum atomic E-state index is 0.429. The fraction of sp³-hybridized carbons (Fsp3) is 1.00. The maximum absolute atomic E-state index is 5.93. The third-order valence-electron chi connectivity index (χ3n) is 4.53. The van der Waals surface area contributed by atoms with E-state index < -0.39 is 0 Å². The molecule has 0 amide bonds. The van der Waals surface area contributed by atoms with Crippen LogP contribution in [0.2, 0.25) is 0 Å². The average Bonchev–Trinajstić information content (AvgIpc) is 2.18. The van der Waals surface area contributed by atoms with Crippen molar-refractivity contribution < 1.29 is 0 Å². The first-order valence-corrected chi connectivity index (χ1v) is 6.26. The fourth-order valence-corrected chi connectivity index (χ4v) is 3.05. The van der Waals surface area contributed by atoms with E-state index in [9.17, 15) is 0 Å². The zero-order valence-electron chi connectivity index (χ0n) is 9.47. The lowest BCUT2D eigenvalue weighted by Crippen LogP contribution is -2.60. The first kappa shape index (κ1) is 10.4. The minimum absolute atomic E-state index is 0.429. The third kappa shape index (κ3) is 1.70. The first-order valence-electron chi connectivity index (χ1n) is 6.26. The van der Waals surface area contributed by atoms with Gasteiger partial charge in [0, 0.05) is 12.1 Å². The van der Waals surface area contributed by atoms with Crippen LogP contribution in [-0.4, -0.2) is 30.1 Å². The summed E-state index contributed by atoms with van der Waals surface area (Å²) in [5.41, 5.74) is 6.35. The van der Waals surface area contributed by atoms with Crippen LogP contribution in [0, 0.1) is 5.92 Å².